The van der Waals surface area contributed by atoms with Crippen molar-refractivity contribution in [2.45, 2.75) is 0 Å². The van der Waals surface area contributed by atoms with E-state index < -0.39 is 0 Å². The number of benzene rings is 10. The van der Waals surface area contributed by atoms with E-state index in [9.17, 15) is 0 Å². The number of fused-ring (bicyclic) bond motifs is 9. The summed E-state index contributed by atoms with van der Waals surface area (Å²) in [5.74, 6) is 0.659. The second kappa shape index (κ2) is 18.2. The highest BCUT2D eigenvalue weighted by Crippen LogP contribution is 2.41. The Hall–Kier alpha value is -9.46. The molecule has 0 N–H and O–H groups in total. The number of nitrogens with zero attached hydrogens (tertiary/aromatic N) is 4. The van der Waals surface area contributed by atoms with Gasteiger partial charge in [-0.25, -0.2) is 15.0 Å². The Morgan fingerprint density at radius 1 is 0.237 bits per heavy atom. The molecule has 6 heteroatoms. The predicted molar refractivity (Wildman–Crippen MR) is 322 cm³/mol. The lowest BCUT2D eigenvalue weighted by Gasteiger charge is -2.14. The minimum atomic E-state index is 0.659. The summed E-state index contributed by atoms with van der Waals surface area (Å²) >= 11 is 3.70. The summed E-state index contributed by atoms with van der Waals surface area (Å²) in [5, 5.41) is 7.34. The molecule has 0 fully saturated rings. The number of pyridine rings is 2. The van der Waals surface area contributed by atoms with Crippen LogP contribution in [0.4, 0.5) is 0 Å². The molecule has 0 saturated carbocycles. The van der Waals surface area contributed by atoms with Gasteiger partial charge in [0.25, 0.3) is 0 Å². The number of rotatable bonds is 8. The van der Waals surface area contributed by atoms with Crippen LogP contribution < -0.4 is 0 Å². The minimum Gasteiger partial charge on any atom is -0.254 e. The lowest BCUT2D eigenvalue weighted by Crippen LogP contribution is -1.97. The van der Waals surface area contributed by atoms with E-state index in [1.807, 2.05) is 53.1 Å². The second-order valence-corrected chi connectivity index (χ2v) is 21.6. The summed E-state index contributed by atoms with van der Waals surface area (Å²) < 4.78 is 5.24. The molecule has 0 spiro atoms. The maximum Gasteiger partial charge on any atom is 0.160 e. The monoisotopic (exact) mass is 1000 g/mol. The highest BCUT2D eigenvalue weighted by Gasteiger charge is 2.17. The Labute approximate surface area is 446 Å². The van der Waals surface area contributed by atoms with E-state index >= 15 is 0 Å². The molecule has 0 bridgehead atoms. The van der Waals surface area contributed by atoms with Crippen LogP contribution in [-0.2, 0) is 0 Å². The fraction of sp³-hybridized carbons (Fsp3) is 0. The summed E-state index contributed by atoms with van der Waals surface area (Å²) in [6, 6.07) is 89.5. The average molecular weight is 1000 g/mol. The zero-order valence-electron chi connectivity index (χ0n) is 40.9. The lowest BCUT2D eigenvalue weighted by molar-refractivity contribution is 1.18. The fourth-order valence-corrected chi connectivity index (χ4v) is 13.0. The van der Waals surface area contributed by atoms with Crippen molar-refractivity contribution in [2.75, 3.05) is 0 Å². The predicted octanol–water partition coefficient (Wildman–Crippen LogP) is 19.6. The lowest BCUT2D eigenvalue weighted by atomic mass is 9.92. The van der Waals surface area contributed by atoms with Crippen LogP contribution >= 0.6 is 22.7 Å². The molecule has 354 valence electrons. The third-order valence-corrected chi connectivity index (χ3v) is 17.0. The zero-order chi connectivity index (χ0) is 50.1. The van der Waals surface area contributed by atoms with Gasteiger partial charge in [0.1, 0.15) is 0 Å². The third kappa shape index (κ3) is 7.91. The van der Waals surface area contributed by atoms with Crippen molar-refractivity contribution in [3.05, 3.63) is 255 Å². The fourth-order valence-electron chi connectivity index (χ4n) is 10.8. The van der Waals surface area contributed by atoms with E-state index in [4.69, 9.17) is 19.9 Å². The normalized spacial score (nSPS) is 11.7. The zero-order valence-corrected chi connectivity index (χ0v) is 42.5. The van der Waals surface area contributed by atoms with Crippen LogP contribution in [0.5, 0.6) is 0 Å². The molecular formula is C70H42N4S2. The molecule has 0 saturated heterocycles. The van der Waals surface area contributed by atoms with E-state index in [1.54, 1.807) is 0 Å². The Balaban J connectivity index is 0.853. The van der Waals surface area contributed by atoms with Crippen molar-refractivity contribution >= 4 is 84.8 Å². The van der Waals surface area contributed by atoms with Crippen LogP contribution in [0.15, 0.2) is 255 Å². The van der Waals surface area contributed by atoms with Crippen molar-refractivity contribution in [1.29, 1.82) is 0 Å². The summed E-state index contributed by atoms with van der Waals surface area (Å²) in [4.78, 5) is 20.6. The smallest absolute Gasteiger partial charge is 0.160 e. The first-order chi connectivity index (χ1) is 37.6. The minimum absolute atomic E-state index is 0.659. The van der Waals surface area contributed by atoms with Crippen LogP contribution in [0.3, 0.4) is 0 Å². The Morgan fingerprint density at radius 3 is 1.32 bits per heavy atom. The Bertz CT molecular complexity index is 4570. The summed E-state index contributed by atoms with van der Waals surface area (Å²) in [7, 11) is 0. The third-order valence-electron chi connectivity index (χ3n) is 14.7. The van der Waals surface area contributed by atoms with Crippen LogP contribution in [-0.4, -0.2) is 19.9 Å². The van der Waals surface area contributed by atoms with Gasteiger partial charge in [-0.05, 0) is 123 Å². The van der Waals surface area contributed by atoms with E-state index in [-0.39, 0.29) is 0 Å². The van der Waals surface area contributed by atoms with Crippen LogP contribution in [0.1, 0.15) is 0 Å². The van der Waals surface area contributed by atoms with Gasteiger partial charge in [0.15, 0.2) is 5.82 Å². The Kier molecular flexibility index (Phi) is 10.5. The van der Waals surface area contributed by atoms with Crippen molar-refractivity contribution in [2.24, 2.45) is 0 Å². The first-order valence-corrected chi connectivity index (χ1v) is 27.1. The van der Waals surface area contributed by atoms with E-state index in [0.717, 1.165) is 83.4 Å². The Morgan fingerprint density at radius 2 is 0.697 bits per heavy atom. The molecule has 15 rings (SSSR count). The summed E-state index contributed by atoms with van der Waals surface area (Å²) in [6.07, 6.45) is 1.83. The van der Waals surface area contributed by atoms with Gasteiger partial charge in [0.2, 0.25) is 0 Å². The molecule has 0 radical (unpaired) electrons. The largest absolute Gasteiger partial charge is 0.254 e. The molecule has 15 aromatic rings. The standard InChI is InChI=1S/C70H42N4S2/c1-2-10-49(11-3-1)70-73-62(53-13-8-12-52(36-53)61-32-29-48-28-27-47-14-9-35-71-68(47)69(48)72-61)42-63(74-70)56-38-54(45-23-19-43(20-24-45)50-30-33-66-59(40-50)57-15-4-6-17-64(57)75-66)37-55(39-56)46-25-21-44(22-26-46)51-31-34-67-60(41-51)58-16-5-7-18-65(58)76-67/h1-42H. The van der Waals surface area contributed by atoms with Gasteiger partial charge in [0, 0.05) is 79.6 Å². The molecule has 10 aromatic carbocycles. The van der Waals surface area contributed by atoms with E-state index in [2.05, 4.69) is 224 Å². The summed E-state index contributed by atoms with van der Waals surface area (Å²) in [6.45, 7) is 0. The van der Waals surface area contributed by atoms with Crippen molar-refractivity contribution in [3.8, 4) is 89.7 Å². The van der Waals surface area contributed by atoms with Crippen molar-refractivity contribution in [1.82, 2.24) is 19.9 Å². The van der Waals surface area contributed by atoms with Crippen molar-refractivity contribution < 1.29 is 0 Å². The number of aromatic nitrogens is 4. The van der Waals surface area contributed by atoms with Gasteiger partial charge in [-0.15, -0.1) is 22.7 Å². The molecule has 0 aliphatic carbocycles. The van der Waals surface area contributed by atoms with Gasteiger partial charge < -0.3 is 0 Å². The highest BCUT2D eigenvalue weighted by molar-refractivity contribution is 7.26. The molecule has 5 heterocycles. The molecule has 0 atom stereocenters. The SMILES string of the molecule is c1ccc(-c2nc(-c3cc(-c4ccc(-c5ccc6sc7ccccc7c6c5)cc4)cc(-c4ccc(-c5ccc6sc7ccccc7c6c5)cc4)c3)cc(-c3cccc(-c4ccc5ccc6cccnc6c5n4)c3)n2)cc1. The van der Waals surface area contributed by atoms with Gasteiger partial charge in [-0.3, -0.25) is 4.98 Å². The molecule has 76 heavy (non-hydrogen) atoms. The molecule has 5 aromatic heterocycles. The maximum atomic E-state index is 5.38. The van der Waals surface area contributed by atoms with Gasteiger partial charge >= 0.3 is 0 Å². The molecule has 0 aliphatic heterocycles. The van der Waals surface area contributed by atoms with Gasteiger partial charge in [-0.2, -0.15) is 0 Å². The maximum absolute atomic E-state index is 5.38. The average Bonchev–Trinajstić information content (AvgIpc) is 4.09. The van der Waals surface area contributed by atoms with Crippen LogP contribution in [0.25, 0.3) is 152 Å². The number of thiophene rings is 2. The number of hydrogen-bond donors (Lipinski definition) is 0. The van der Waals surface area contributed by atoms with Gasteiger partial charge in [-0.1, -0.05) is 170 Å². The molecular weight excluding hydrogens is 961 g/mol. The van der Waals surface area contributed by atoms with Crippen LogP contribution in [0, 0.1) is 0 Å². The number of hydrogen-bond acceptors (Lipinski definition) is 6. The van der Waals surface area contributed by atoms with E-state index in [0.29, 0.717) is 5.82 Å². The first-order valence-electron chi connectivity index (χ1n) is 25.5. The molecule has 0 aliphatic rings. The highest BCUT2D eigenvalue weighted by atomic mass is 32.1. The topological polar surface area (TPSA) is 51.6 Å². The van der Waals surface area contributed by atoms with E-state index in [1.165, 1.54) is 62.6 Å². The van der Waals surface area contributed by atoms with Gasteiger partial charge in [0.05, 0.1) is 28.1 Å². The molecule has 4 nitrogen and oxygen atoms in total. The second-order valence-electron chi connectivity index (χ2n) is 19.4. The first kappa shape index (κ1) is 44.1. The van der Waals surface area contributed by atoms with Crippen molar-refractivity contribution in [3.63, 3.8) is 0 Å². The quantitative estimate of drug-likeness (QED) is 0.142. The molecule has 0 amide bonds. The summed E-state index contributed by atoms with van der Waals surface area (Å²) in [5.41, 5.74) is 17.5. The molecule has 0 unspecified atom stereocenters. The van der Waals surface area contributed by atoms with Crippen LogP contribution in [0.2, 0.25) is 0 Å².